The van der Waals surface area contributed by atoms with Crippen LogP contribution in [0.25, 0.3) is 0 Å². The molecule has 5 heteroatoms. The van der Waals surface area contributed by atoms with Crippen LogP contribution in [0.4, 0.5) is 5.95 Å². The molecule has 0 amide bonds. The van der Waals surface area contributed by atoms with E-state index < -0.39 is 0 Å². The van der Waals surface area contributed by atoms with Crippen LogP contribution in [0.5, 0.6) is 0 Å². The monoisotopic (exact) mass is 222 g/mol. The van der Waals surface area contributed by atoms with Crippen molar-refractivity contribution in [2.45, 2.75) is 50.2 Å². The second kappa shape index (κ2) is 4.05. The molecule has 0 atom stereocenters. The van der Waals surface area contributed by atoms with Gasteiger partial charge in [0.25, 0.3) is 0 Å². The summed E-state index contributed by atoms with van der Waals surface area (Å²) in [5.41, 5.74) is 0.222. The third-order valence-electron chi connectivity index (χ3n) is 3.84. The summed E-state index contributed by atoms with van der Waals surface area (Å²) in [5, 5.41) is 11.1. The minimum Gasteiger partial charge on any atom is -0.375 e. The maximum Gasteiger partial charge on any atom is 0.221 e. The van der Waals surface area contributed by atoms with Gasteiger partial charge in [0.1, 0.15) is 6.33 Å². The van der Waals surface area contributed by atoms with Gasteiger partial charge in [-0.3, -0.25) is 0 Å². The maximum absolute atomic E-state index is 5.90. The topological polar surface area (TPSA) is 62.8 Å². The molecule has 2 aliphatic rings. The Kier molecular flexibility index (Phi) is 2.55. The zero-order valence-corrected chi connectivity index (χ0v) is 9.41. The summed E-state index contributed by atoms with van der Waals surface area (Å²) in [6.07, 6.45) is 8.79. The Hall–Kier alpha value is -1.10. The summed E-state index contributed by atoms with van der Waals surface area (Å²) in [5.74, 6) is 0.785. The van der Waals surface area contributed by atoms with Gasteiger partial charge >= 0.3 is 0 Å². The molecular formula is C11H18N4O. The van der Waals surface area contributed by atoms with E-state index >= 15 is 0 Å². The van der Waals surface area contributed by atoms with Crippen molar-refractivity contribution >= 4 is 5.95 Å². The van der Waals surface area contributed by atoms with E-state index in [9.17, 15) is 0 Å². The van der Waals surface area contributed by atoms with Crippen LogP contribution in [0, 0.1) is 0 Å². The van der Waals surface area contributed by atoms with Crippen molar-refractivity contribution in [1.82, 2.24) is 15.2 Å². The largest absolute Gasteiger partial charge is 0.375 e. The molecule has 1 aromatic rings. The first-order valence-corrected chi connectivity index (χ1v) is 6.13. The molecule has 1 spiro atoms. The van der Waals surface area contributed by atoms with E-state index in [-0.39, 0.29) is 5.60 Å². The van der Waals surface area contributed by atoms with Crippen molar-refractivity contribution in [3.8, 4) is 0 Å². The molecule has 1 aromatic heterocycles. The number of rotatable bonds is 2. The van der Waals surface area contributed by atoms with E-state index in [0.29, 0.717) is 6.04 Å². The predicted molar refractivity (Wildman–Crippen MR) is 60.2 cm³/mol. The molecule has 3 rings (SSSR count). The van der Waals surface area contributed by atoms with Gasteiger partial charge in [-0.05, 0) is 38.5 Å². The zero-order valence-electron chi connectivity index (χ0n) is 9.41. The van der Waals surface area contributed by atoms with Crippen LogP contribution in [0.2, 0.25) is 0 Å². The summed E-state index contributed by atoms with van der Waals surface area (Å²) < 4.78 is 5.90. The van der Waals surface area contributed by atoms with Gasteiger partial charge in [0.05, 0.1) is 5.60 Å². The Morgan fingerprint density at radius 1 is 1.38 bits per heavy atom. The van der Waals surface area contributed by atoms with Gasteiger partial charge in [-0.1, -0.05) is 0 Å². The van der Waals surface area contributed by atoms with E-state index in [1.807, 2.05) is 0 Å². The number of hydrogen-bond donors (Lipinski definition) is 2. The highest BCUT2D eigenvalue weighted by Crippen LogP contribution is 2.39. The standard InChI is InChI=1S/C11H18N4O/c1-4-11(16-7-1)5-2-9(3-6-11)14-10-12-8-13-15-10/h8-9H,1-7H2,(H2,12,13,14,15). The Bertz CT molecular complexity index is 322. The number of anilines is 1. The lowest BCUT2D eigenvalue weighted by Crippen LogP contribution is -2.37. The lowest BCUT2D eigenvalue weighted by molar-refractivity contribution is -0.0263. The molecule has 0 radical (unpaired) electrons. The van der Waals surface area contributed by atoms with Crippen molar-refractivity contribution in [1.29, 1.82) is 0 Å². The second-order valence-corrected chi connectivity index (χ2v) is 4.89. The molecule has 1 aliphatic heterocycles. The van der Waals surface area contributed by atoms with Gasteiger partial charge in [-0.2, -0.15) is 0 Å². The van der Waals surface area contributed by atoms with Crippen molar-refractivity contribution in [3.05, 3.63) is 6.33 Å². The van der Waals surface area contributed by atoms with Gasteiger partial charge in [-0.25, -0.2) is 0 Å². The number of ether oxygens (including phenoxy) is 1. The van der Waals surface area contributed by atoms with E-state index in [1.165, 1.54) is 38.5 Å². The van der Waals surface area contributed by atoms with Gasteiger partial charge in [-0.15, -0.1) is 10.2 Å². The molecule has 5 nitrogen and oxygen atoms in total. The third-order valence-corrected chi connectivity index (χ3v) is 3.84. The van der Waals surface area contributed by atoms with Crippen LogP contribution in [-0.4, -0.2) is 33.4 Å². The quantitative estimate of drug-likeness (QED) is 0.799. The summed E-state index contributed by atoms with van der Waals surface area (Å²) in [6.45, 7) is 0.959. The number of nitrogens with one attached hydrogen (secondary N) is 2. The van der Waals surface area contributed by atoms with Crippen molar-refractivity contribution < 1.29 is 4.74 Å². The fourth-order valence-corrected chi connectivity index (χ4v) is 2.91. The Balaban J connectivity index is 1.54. The average molecular weight is 222 g/mol. The number of H-pyrrole nitrogens is 1. The molecular weight excluding hydrogens is 204 g/mol. The number of aromatic amines is 1. The van der Waals surface area contributed by atoms with E-state index in [1.54, 1.807) is 6.33 Å². The zero-order chi connectivity index (χ0) is 10.8. The number of hydrogen-bond acceptors (Lipinski definition) is 4. The molecule has 1 aliphatic carbocycles. The van der Waals surface area contributed by atoms with Crippen LogP contribution in [0.1, 0.15) is 38.5 Å². The second-order valence-electron chi connectivity index (χ2n) is 4.89. The van der Waals surface area contributed by atoms with E-state index in [4.69, 9.17) is 4.74 Å². The van der Waals surface area contributed by atoms with Crippen molar-refractivity contribution in [2.24, 2.45) is 0 Å². The Morgan fingerprint density at radius 2 is 2.25 bits per heavy atom. The summed E-state index contributed by atoms with van der Waals surface area (Å²) in [6, 6.07) is 0.516. The number of nitrogens with zero attached hydrogens (tertiary/aromatic N) is 2. The van der Waals surface area contributed by atoms with Gasteiger partial charge in [0, 0.05) is 12.6 Å². The van der Waals surface area contributed by atoms with E-state index in [2.05, 4.69) is 20.5 Å². The molecule has 0 unspecified atom stereocenters. The van der Waals surface area contributed by atoms with E-state index in [0.717, 1.165) is 12.6 Å². The van der Waals surface area contributed by atoms with Crippen LogP contribution < -0.4 is 5.32 Å². The minimum absolute atomic E-state index is 0.222. The SMILES string of the molecule is c1nnc(NC2CCC3(CCCO3)CC2)[nH]1. The first-order valence-electron chi connectivity index (χ1n) is 6.13. The highest BCUT2D eigenvalue weighted by molar-refractivity contribution is 5.23. The van der Waals surface area contributed by atoms with Crippen LogP contribution >= 0.6 is 0 Å². The molecule has 2 heterocycles. The van der Waals surface area contributed by atoms with Crippen LogP contribution in [0.15, 0.2) is 6.33 Å². The molecule has 16 heavy (non-hydrogen) atoms. The van der Waals surface area contributed by atoms with Crippen molar-refractivity contribution in [3.63, 3.8) is 0 Å². The molecule has 0 aromatic carbocycles. The van der Waals surface area contributed by atoms with Gasteiger partial charge in [0.15, 0.2) is 0 Å². The van der Waals surface area contributed by atoms with Gasteiger partial charge < -0.3 is 15.0 Å². The molecule has 2 fully saturated rings. The first-order chi connectivity index (χ1) is 7.86. The first kappa shape index (κ1) is 10.1. The molecule has 1 saturated heterocycles. The summed E-state index contributed by atoms with van der Waals surface area (Å²) in [4.78, 5) is 2.98. The minimum atomic E-state index is 0.222. The lowest BCUT2D eigenvalue weighted by atomic mass is 9.80. The Morgan fingerprint density at radius 3 is 2.88 bits per heavy atom. The maximum atomic E-state index is 5.90. The Labute approximate surface area is 95.0 Å². The summed E-state index contributed by atoms with van der Waals surface area (Å²) in [7, 11) is 0. The van der Waals surface area contributed by atoms with Gasteiger partial charge in [0.2, 0.25) is 5.95 Å². The normalized spacial score (nSPS) is 34.4. The summed E-state index contributed by atoms with van der Waals surface area (Å²) >= 11 is 0. The third kappa shape index (κ3) is 1.91. The highest BCUT2D eigenvalue weighted by Gasteiger charge is 2.38. The highest BCUT2D eigenvalue weighted by atomic mass is 16.5. The molecule has 1 saturated carbocycles. The average Bonchev–Trinajstić information content (AvgIpc) is 2.94. The van der Waals surface area contributed by atoms with Crippen molar-refractivity contribution in [2.75, 3.05) is 11.9 Å². The smallest absolute Gasteiger partial charge is 0.221 e. The van der Waals surface area contributed by atoms with Crippen LogP contribution in [0.3, 0.4) is 0 Å². The predicted octanol–water partition coefficient (Wildman–Crippen LogP) is 1.71. The molecule has 2 N–H and O–H groups in total. The molecule has 88 valence electrons. The van der Waals surface area contributed by atoms with Crippen LogP contribution in [-0.2, 0) is 4.74 Å². The fraction of sp³-hybridized carbons (Fsp3) is 0.818. The lowest BCUT2D eigenvalue weighted by Gasteiger charge is -2.36. The fourth-order valence-electron chi connectivity index (χ4n) is 2.91. The molecule has 0 bridgehead atoms. The number of aromatic nitrogens is 3.